The number of anilines is 1. The fraction of sp³-hybridized carbons (Fsp3) is 0.421. The molecule has 1 aliphatic rings. The summed E-state index contributed by atoms with van der Waals surface area (Å²) >= 11 is 0. The highest BCUT2D eigenvalue weighted by molar-refractivity contribution is 5.83. The standard InChI is InChI=1S/C19H23N5O5/c1-10-22-17(20-7-11-4-3-5-12(6-11)28-2)14-18(23-10)24(9-21-14)19-16(27)15(26)13(8-25)29-19/h3-6,9,13,15-16,19,25-27H,7-8H2,1-2H3,(H,20,22,23)/t13-,15-,16-,19?/m1/s1. The van der Waals surface area contributed by atoms with Gasteiger partial charge in [0, 0.05) is 6.54 Å². The lowest BCUT2D eigenvalue weighted by atomic mass is 10.1. The molecule has 154 valence electrons. The first-order valence-corrected chi connectivity index (χ1v) is 9.22. The van der Waals surface area contributed by atoms with Crippen molar-refractivity contribution < 1.29 is 24.8 Å². The normalized spacial score (nSPS) is 24.2. The molecule has 4 atom stereocenters. The maximum absolute atomic E-state index is 10.3. The molecule has 2 aromatic heterocycles. The third kappa shape index (κ3) is 3.62. The number of aliphatic hydroxyl groups excluding tert-OH is 3. The molecule has 4 N–H and O–H groups in total. The Balaban J connectivity index is 1.63. The minimum atomic E-state index is -1.21. The van der Waals surface area contributed by atoms with Gasteiger partial charge in [-0.05, 0) is 24.6 Å². The van der Waals surface area contributed by atoms with Crippen LogP contribution in [0.5, 0.6) is 5.75 Å². The molecule has 1 saturated heterocycles. The quantitative estimate of drug-likeness (QED) is 0.462. The van der Waals surface area contributed by atoms with E-state index in [1.807, 2.05) is 24.3 Å². The molecule has 3 aromatic rings. The summed E-state index contributed by atoms with van der Waals surface area (Å²) in [5.74, 6) is 1.82. The second kappa shape index (κ2) is 7.91. The molecule has 10 heteroatoms. The largest absolute Gasteiger partial charge is 0.497 e. The molecular formula is C19H23N5O5. The van der Waals surface area contributed by atoms with Crippen LogP contribution in [0.1, 0.15) is 17.6 Å². The van der Waals surface area contributed by atoms with Crippen molar-refractivity contribution in [2.45, 2.75) is 38.0 Å². The smallest absolute Gasteiger partial charge is 0.167 e. The van der Waals surface area contributed by atoms with Crippen molar-refractivity contribution in [2.75, 3.05) is 19.0 Å². The van der Waals surface area contributed by atoms with E-state index in [1.54, 1.807) is 18.6 Å². The first kappa shape index (κ1) is 19.5. The highest BCUT2D eigenvalue weighted by Gasteiger charge is 2.44. The van der Waals surface area contributed by atoms with Crippen LogP contribution < -0.4 is 10.1 Å². The van der Waals surface area contributed by atoms with Crippen molar-refractivity contribution >= 4 is 17.0 Å². The van der Waals surface area contributed by atoms with E-state index in [4.69, 9.17) is 9.47 Å². The summed E-state index contributed by atoms with van der Waals surface area (Å²) in [7, 11) is 1.62. The summed E-state index contributed by atoms with van der Waals surface area (Å²) in [4.78, 5) is 13.2. The number of ether oxygens (including phenoxy) is 2. The van der Waals surface area contributed by atoms with Crippen LogP contribution in [0.25, 0.3) is 11.2 Å². The minimum absolute atomic E-state index is 0.400. The fourth-order valence-electron chi connectivity index (χ4n) is 3.41. The van der Waals surface area contributed by atoms with Gasteiger partial charge in [0.05, 0.1) is 20.0 Å². The van der Waals surface area contributed by atoms with Crippen LogP contribution in [-0.4, -0.2) is 66.9 Å². The van der Waals surface area contributed by atoms with Crippen molar-refractivity contribution in [2.24, 2.45) is 0 Å². The van der Waals surface area contributed by atoms with Crippen LogP contribution in [-0.2, 0) is 11.3 Å². The Morgan fingerprint density at radius 1 is 1.24 bits per heavy atom. The number of hydrogen-bond donors (Lipinski definition) is 4. The Labute approximate surface area is 166 Å². The maximum atomic E-state index is 10.3. The van der Waals surface area contributed by atoms with Gasteiger partial charge in [-0.1, -0.05) is 12.1 Å². The van der Waals surface area contributed by atoms with Crippen LogP contribution in [0.15, 0.2) is 30.6 Å². The van der Waals surface area contributed by atoms with E-state index >= 15 is 0 Å². The van der Waals surface area contributed by atoms with Gasteiger partial charge in [-0.3, -0.25) is 4.57 Å². The number of methoxy groups -OCH3 is 1. The monoisotopic (exact) mass is 401 g/mol. The van der Waals surface area contributed by atoms with Gasteiger partial charge in [-0.15, -0.1) is 0 Å². The summed E-state index contributed by atoms with van der Waals surface area (Å²) < 4.78 is 12.4. The molecule has 0 radical (unpaired) electrons. The molecule has 0 amide bonds. The number of benzene rings is 1. The van der Waals surface area contributed by atoms with E-state index in [9.17, 15) is 15.3 Å². The summed E-state index contributed by atoms with van der Waals surface area (Å²) in [6.45, 7) is 1.86. The molecule has 3 heterocycles. The van der Waals surface area contributed by atoms with E-state index in [0.29, 0.717) is 29.4 Å². The van der Waals surface area contributed by atoms with Crippen LogP contribution >= 0.6 is 0 Å². The summed E-state index contributed by atoms with van der Waals surface area (Å²) in [6.07, 6.45) is -2.71. The third-order valence-electron chi connectivity index (χ3n) is 4.92. The van der Waals surface area contributed by atoms with Gasteiger partial charge in [0.15, 0.2) is 23.2 Å². The summed E-state index contributed by atoms with van der Waals surface area (Å²) in [5.41, 5.74) is 1.98. The molecule has 0 bridgehead atoms. The lowest BCUT2D eigenvalue weighted by molar-refractivity contribution is -0.0511. The molecule has 1 unspecified atom stereocenters. The number of aryl methyl sites for hydroxylation is 1. The molecule has 4 rings (SSSR count). The molecule has 1 aliphatic heterocycles. The topological polar surface area (TPSA) is 135 Å². The molecule has 29 heavy (non-hydrogen) atoms. The van der Waals surface area contributed by atoms with Crippen molar-refractivity contribution in [3.05, 3.63) is 42.0 Å². The van der Waals surface area contributed by atoms with E-state index in [2.05, 4.69) is 20.3 Å². The number of aliphatic hydroxyl groups is 3. The average Bonchev–Trinajstić information content (AvgIpc) is 3.27. The van der Waals surface area contributed by atoms with Gasteiger partial charge in [-0.2, -0.15) is 0 Å². The fourth-order valence-corrected chi connectivity index (χ4v) is 3.41. The molecule has 10 nitrogen and oxygen atoms in total. The average molecular weight is 401 g/mol. The zero-order chi connectivity index (χ0) is 20.5. The number of hydrogen-bond acceptors (Lipinski definition) is 9. The van der Waals surface area contributed by atoms with Crippen molar-refractivity contribution in [1.29, 1.82) is 0 Å². The van der Waals surface area contributed by atoms with E-state index in [1.165, 1.54) is 6.33 Å². The zero-order valence-corrected chi connectivity index (χ0v) is 16.1. The van der Waals surface area contributed by atoms with Gasteiger partial charge < -0.3 is 30.1 Å². The predicted octanol–water partition coefficient (Wildman–Crippen LogP) is 0.367. The molecule has 1 fully saturated rings. The highest BCUT2D eigenvalue weighted by atomic mass is 16.6. The molecule has 0 saturated carbocycles. The Morgan fingerprint density at radius 2 is 2.07 bits per heavy atom. The number of rotatable bonds is 6. The lowest BCUT2D eigenvalue weighted by Gasteiger charge is -2.17. The Morgan fingerprint density at radius 3 is 2.79 bits per heavy atom. The van der Waals surface area contributed by atoms with Crippen molar-refractivity contribution in [3.8, 4) is 5.75 Å². The third-order valence-corrected chi connectivity index (χ3v) is 4.92. The van der Waals surface area contributed by atoms with Crippen LogP contribution in [0.4, 0.5) is 5.82 Å². The number of nitrogens with one attached hydrogen (secondary N) is 1. The predicted molar refractivity (Wildman–Crippen MR) is 103 cm³/mol. The van der Waals surface area contributed by atoms with E-state index in [0.717, 1.165) is 11.3 Å². The number of fused-ring (bicyclic) bond motifs is 1. The van der Waals surface area contributed by atoms with Gasteiger partial charge >= 0.3 is 0 Å². The Kier molecular flexibility index (Phi) is 5.33. The second-order valence-electron chi connectivity index (χ2n) is 6.88. The van der Waals surface area contributed by atoms with Gasteiger partial charge in [0.25, 0.3) is 0 Å². The maximum Gasteiger partial charge on any atom is 0.167 e. The first-order chi connectivity index (χ1) is 14.0. The van der Waals surface area contributed by atoms with E-state index < -0.39 is 31.1 Å². The van der Waals surface area contributed by atoms with Crippen LogP contribution in [0.2, 0.25) is 0 Å². The summed E-state index contributed by atoms with van der Waals surface area (Å²) in [5, 5.41) is 32.9. The molecule has 0 aliphatic carbocycles. The number of nitrogens with zero attached hydrogens (tertiary/aromatic N) is 4. The minimum Gasteiger partial charge on any atom is -0.497 e. The van der Waals surface area contributed by atoms with E-state index in [-0.39, 0.29) is 0 Å². The molecular weight excluding hydrogens is 378 g/mol. The van der Waals surface area contributed by atoms with Crippen LogP contribution in [0, 0.1) is 6.92 Å². The van der Waals surface area contributed by atoms with Crippen LogP contribution in [0.3, 0.4) is 0 Å². The lowest BCUT2D eigenvalue weighted by Crippen LogP contribution is -2.33. The number of aromatic nitrogens is 4. The first-order valence-electron chi connectivity index (χ1n) is 9.22. The zero-order valence-electron chi connectivity index (χ0n) is 16.1. The van der Waals surface area contributed by atoms with Crippen molar-refractivity contribution in [1.82, 2.24) is 19.5 Å². The van der Waals surface area contributed by atoms with Gasteiger partial charge in [0.2, 0.25) is 0 Å². The highest BCUT2D eigenvalue weighted by Crippen LogP contribution is 2.32. The Hall–Kier alpha value is -2.79. The summed E-state index contributed by atoms with van der Waals surface area (Å²) in [6, 6.07) is 7.68. The molecule has 1 aromatic carbocycles. The van der Waals surface area contributed by atoms with Crippen molar-refractivity contribution in [3.63, 3.8) is 0 Å². The number of imidazole rings is 1. The Bertz CT molecular complexity index is 1010. The SMILES string of the molecule is COc1cccc(CNc2nc(C)nc3c2ncn3C2O[C@H](CO)[C@@H](O)[C@H]2O)c1. The van der Waals surface area contributed by atoms with Gasteiger partial charge in [-0.25, -0.2) is 15.0 Å². The van der Waals surface area contributed by atoms with Gasteiger partial charge in [0.1, 0.15) is 29.9 Å². The second-order valence-corrected chi connectivity index (χ2v) is 6.88. The molecule has 0 spiro atoms.